The molecule has 2 aromatic carbocycles. The van der Waals surface area contributed by atoms with Gasteiger partial charge in [-0.3, -0.25) is 9.59 Å². The SMILES string of the molecule is CCN1CCOc2ccccc2CCCCC2(CCN(C(=O)Cc3ccc(F)cc3C)CC2)C1=O. The van der Waals surface area contributed by atoms with Gasteiger partial charge in [0.15, 0.2) is 0 Å². The number of benzene rings is 2. The molecule has 0 bridgehead atoms. The number of likely N-dealkylation sites (N-methyl/N-ethyl adjacent to an activating group) is 1. The minimum atomic E-state index is -0.419. The average molecular weight is 481 g/mol. The molecule has 0 saturated carbocycles. The molecule has 35 heavy (non-hydrogen) atoms. The van der Waals surface area contributed by atoms with Crippen molar-refractivity contribution < 1.29 is 18.7 Å². The average Bonchev–Trinajstić information content (AvgIpc) is 2.86. The van der Waals surface area contributed by atoms with Crippen molar-refractivity contribution in [2.24, 2.45) is 5.41 Å². The van der Waals surface area contributed by atoms with Gasteiger partial charge in [-0.25, -0.2) is 4.39 Å². The lowest BCUT2D eigenvalue weighted by Gasteiger charge is -2.43. The van der Waals surface area contributed by atoms with Gasteiger partial charge in [0.25, 0.3) is 0 Å². The molecule has 188 valence electrons. The third-order valence-electron chi connectivity index (χ3n) is 7.79. The molecule has 0 N–H and O–H groups in total. The molecule has 1 spiro atoms. The Morgan fingerprint density at radius 1 is 1.06 bits per heavy atom. The molecule has 2 heterocycles. The molecule has 1 fully saturated rings. The number of hydrogen-bond acceptors (Lipinski definition) is 3. The van der Waals surface area contributed by atoms with Crippen LogP contribution in [-0.2, 0) is 22.4 Å². The second-order valence-electron chi connectivity index (χ2n) is 9.96. The summed E-state index contributed by atoms with van der Waals surface area (Å²) in [7, 11) is 0. The molecule has 2 aromatic rings. The van der Waals surface area contributed by atoms with E-state index in [1.54, 1.807) is 6.07 Å². The van der Waals surface area contributed by atoms with Crippen LogP contribution in [0.5, 0.6) is 5.75 Å². The van der Waals surface area contributed by atoms with Gasteiger partial charge in [0.05, 0.1) is 18.4 Å². The van der Waals surface area contributed by atoms with Crippen molar-refractivity contribution >= 4 is 11.8 Å². The van der Waals surface area contributed by atoms with Crippen LogP contribution in [0.4, 0.5) is 4.39 Å². The smallest absolute Gasteiger partial charge is 0.229 e. The summed E-state index contributed by atoms with van der Waals surface area (Å²) in [4.78, 5) is 30.6. The Morgan fingerprint density at radius 2 is 1.83 bits per heavy atom. The van der Waals surface area contributed by atoms with E-state index in [4.69, 9.17) is 4.74 Å². The summed E-state index contributed by atoms with van der Waals surface area (Å²) < 4.78 is 19.5. The minimum absolute atomic E-state index is 0.0486. The van der Waals surface area contributed by atoms with E-state index in [0.29, 0.717) is 45.6 Å². The second-order valence-corrected chi connectivity index (χ2v) is 9.96. The van der Waals surface area contributed by atoms with E-state index in [0.717, 1.165) is 42.6 Å². The van der Waals surface area contributed by atoms with Gasteiger partial charge in [-0.15, -0.1) is 0 Å². The molecule has 2 aliphatic heterocycles. The summed E-state index contributed by atoms with van der Waals surface area (Å²) in [5.74, 6) is 0.898. The van der Waals surface area contributed by atoms with Crippen molar-refractivity contribution in [1.29, 1.82) is 0 Å². The number of carbonyl (C=O) groups is 2. The molecule has 0 unspecified atom stereocenters. The van der Waals surface area contributed by atoms with Crippen molar-refractivity contribution in [2.75, 3.05) is 32.8 Å². The summed E-state index contributed by atoms with van der Waals surface area (Å²) in [5, 5.41) is 0. The van der Waals surface area contributed by atoms with Gasteiger partial charge in [-0.2, -0.15) is 0 Å². The molecule has 5 nitrogen and oxygen atoms in total. The van der Waals surface area contributed by atoms with Crippen molar-refractivity contribution in [3.05, 3.63) is 65.0 Å². The Hall–Kier alpha value is -2.89. The maximum atomic E-state index is 13.8. The molecular weight excluding hydrogens is 443 g/mol. The summed E-state index contributed by atoms with van der Waals surface area (Å²) in [5.41, 5.74) is 2.46. The fourth-order valence-electron chi connectivity index (χ4n) is 5.52. The number of amides is 2. The number of piperidine rings is 1. The minimum Gasteiger partial charge on any atom is -0.491 e. The maximum Gasteiger partial charge on any atom is 0.229 e. The highest BCUT2D eigenvalue weighted by molar-refractivity contribution is 5.84. The zero-order valence-electron chi connectivity index (χ0n) is 21.0. The molecular formula is C29H37FN2O3. The van der Waals surface area contributed by atoms with Crippen LogP contribution in [0, 0.1) is 18.2 Å². The third kappa shape index (κ3) is 5.85. The van der Waals surface area contributed by atoms with Gasteiger partial charge >= 0.3 is 0 Å². The fourth-order valence-corrected chi connectivity index (χ4v) is 5.52. The van der Waals surface area contributed by atoms with Gasteiger partial charge in [0.2, 0.25) is 11.8 Å². The zero-order valence-corrected chi connectivity index (χ0v) is 21.0. The van der Waals surface area contributed by atoms with E-state index in [2.05, 4.69) is 12.1 Å². The van der Waals surface area contributed by atoms with E-state index in [1.807, 2.05) is 35.8 Å². The highest BCUT2D eigenvalue weighted by Crippen LogP contribution is 2.39. The molecule has 0 radical (unpaired) electrons. The number of ether oxygens (including phenoxy) is 1. The van der Waals surface area contributed by atoms with E-state index in [-0.39, 0.29) is 24.1 Å². The number of halogens is 1. The molecule has 0 atom stereocenters. The van der Waals surface area contributed by atoms with Gasteiger partial charge in [0.1, 0.15) is 18.2 Å². The van der Waals surface area contributed by atoms with Gasteiger partial charge in [-0.1, -0.05) is 30.7 Å². The number of carbonyl (C=O) groups excluding carboxylic acids is 2. The Labute approximate surface area is 208 Å². The number of hydrogen-bond donors (Lipinski definition) is 0. The van der Waals surface area contributed by atoms with Gasteiger partial charge in [-0.05, 0) is 80.8 Å². The lowest BCUT2D eigenvalue weighted by atomic mass is 9.73. The van der Waals surface area contributed by atoms with Gasteiger partial charge in [0, 0.05) is 19.6 Å². The Bertz CT molecular complexity index is 1050. The zero-order chi connectivity index (χ0) is 24.8. The lowest BCUT2D eigenvalue weighted by molar-refractivity contribution is -0.149. The quantitative estimate of drug-likeness (QED) is 0.625. The van der Waals surface area contributed by atoms with E-state index < -0.39 is 5.41 Å². The summed E-state index contributed by atoms with van der Waals surface area (Å²) >= 11 is 0. The first kappa shape index (κ1) is 25.2. The molecule has 1 saturated heterocycles. The van der Waals surface area contributed by atoms with Crippen molar-refractivity contribution in [2.45, 2.75) is 58.8 Å². The van der Waals surface area contributed by atoms with E-state index in [1.165, 1.54) is 17.7 Å². The highest BCUT2D eigenvalue weighted by atomic mass is 19.1. The number of nitrogens with zero attached hydrogens (tertiary/aromatic N) is 2. The van der Waals surface area contributed by atoms with Crippen LogP contribution in [0.15, 0.2) is 42.5 Å². The van der Waals surface area contributed by atoms with Crippen molar-refractivity contribution in [3.8, 4) is 5.75 Å². The maximum absolute atomic E-state index is 13.8. The van der Waals surface area contributed by atoms with Crippen LogP contribution >= 0.6 is 0 Å². The van der Waals surface area contributed by atoms with E-state index >= 15 is 0 Å². The van der Waals surface area contributed by atoms with Crippen LogP contribution in [0.1, 0.15) is 55.7 Å². The molecule has 2 amide bonds. The molecule has 6 heteroatoms. The summed E-state index contributed by atoms with van der Waals surface area (Å²) in [6.45, 7) is 6.73. The fraction of sp³-hybridized carbons (Fsp3) is 0.517. The standard InChI is InChI=1S/C29H37FN2O3/c1-3-31-18-19-35-26-10-5-4-8-23(26)9-6-7-13-29(28(31)34)14-16-32(17-15-29)27(33)21-24-11-12-25(30)20-22(24)2/h4-5,8,10-12,20H,3,6-7,9,13-19,21H2,1-2H3. The monoisotopic (exact) mass is 480 g/mol. The number of para-hydroxylation sites is 1. The summed E-state index contributed by atoms with van der Waals surface area (Å²) in [6, 6.07) is 12.8. The Balaban J connectivity index is 1.44. The number of aryl methyl sites for hydroxylation is 2. The van der Waals surface area contributed by atoms with Crippen LogP contribution < -0.4 is 4.74 Å². The lowest BCUT2D eigenvalue weighted by Crippen LogP contribution is -2.52. The first-order valence-electron chi connectivity index (χ1n) is 12.9. The van der Waals surface area contributed by atoms with Crippen molar-refractivity contribution in [1.82, 2.24) is 9.80 Å². The number of likely N-dealkylation sites (tertiary alicyclic amines) is 1. The molecule has 0 aromatic heterocycles. The number of rotatable bonds is 3. The van der Waals surface area contributed by atoms with Crippen LogP contribution in [0.25, 0.3) is 0 Å². The second kappa shape index (κ2) is 11.2. The van der Waals surface area contributed by atoms with Crippen LogP contribution in [0.2, 0.25) is 0 Å². The van der Waals surface area contributed by atoms with Crippen LogP contribution in [0.3, 0.4) is 0 Å². The van der Waals surface area contributed by atoms with Crippen LogP contribution in [-0.4, -0.2) is 54.4 Å². The molecule has 0 aliphatic carbocycles. The van der Waals surface area contributed by atoms with E-state index in [9.17, 15) is 14.0 Å². The largest absolute Gasteiger partial charge is 0.491 e. The predicted molar refractivity (Wildman–Crippen MR) is 135 cm³/mol. The van der Waals surface area contributed by atoms with Crippen molar-refractivity contribution in [3.63, 3.8) is 0 Å². The normalized spacial score (nSPS) is 18.9. The Morgan fingerprint density at radius 3 is 2.57 bits per heavy atom. The summed E-state index contributed by atoms with van der Waals surface area (Å²) in [6.07, 6.45) is 5.42. The first-order chi connectivity index (χ1) is 16.9. The highest BCUT2D eigenvalue weighted by Gasteiger charge is 2.43. The van der Waals surface area contributed by atoms with Gasteiger partial charge < -0.3 is 14.5 Å². The number of fused-ring (bicyclic) bond motifs is 1. The predicted octanol–water partition coefficient (Wildman–Crippen LogP) is 4.94. The topological polar surface area (TPSA) is 49.9 Å². The first-order valence-corrected chi connectivity index (χ1v) is 12.9. The molecule has 4 rings (SSSR count). The molecule has 2 aliphatic rings. The third-order valence-corrected chi connectivity index (χ3v) is 7.79. The Kier molecular flexibility index (Phi) is 8.09.